The Kier molecular flexibility index (Phi) is 10.7. The number of halogens is 1. The van der Waals surface area contributed by atoms with Crippen LogP contribution in [-0.2, 0) is 9.59 Å². The van der Waals surface area contributed by atoms with Crippen molar-refractivity contribution in [3.63, 3.8) is 0 Å². The van der Waals surface area contributed by atoms with Crippen LogP contribution >= 0.6 is 11.6 Å². The molecule has 11 heteroatoms. The molecule has 2 amide bonds. The number of carbonyl (C=O) groups is 2. The molecule has 2 aliphatic rings. The van der Waals surface area contributed by atoms with Crippen molar-refractivity contribution in [1.29, 1.82) is 0 Å². The first-order valence-corrected chi connectivity index (χ1v) is 15.0. The summed E-state index contributed by atoms with van der Waals surface area (Å²) in [5.74, 6) is 2.36. The molecule has 0 spiro atoms. The maximum Gasteiger partial charge on any atom is 0.229 e. The summed E-state index contributed by atoms with van der Waals surface area (Å²) in [4.78, 5) is 35.8. The lowest BCUT2D eigenvalue weighted by atomic mass is 9.85. The van der Waals surface area contributed by atoms with Crippen LogP contribution in [0.25, 0.3) is 0 Å². The second-order valence-corrected chi connectivity index (χ2v) is 11.9. The summed E-state index contributed by atoms with van der Waals surface area (Å²) >= 11 is 6.64. The molecule has 1 aromatic carbocycles. The minimum Gasteiger partial charge on any atom is -0.489 e. The third-order valence-electron chi connectivity index (χ3n) is 7.91. The Morgan fingerprint density at radius 2 is 1.73 bits per heavy atom. The fraction of sp³-hybridized carbons (Fsp3) is 0.600. The summed E-state index contributed by atoms with van der Waals surface area (Å²) in [5.41, 5.74) is 3.33. The SMILES string of the molecule is CNC(=O)C[C@@H]1C[C@H](CC(=O)NC)CN(c2nc(Nc3cc(C)c(C4CCNCC4)cc3OC(C)C)ncc2Cl)C1. The fourth-order valence-electron chi connectivity index (χ4n) is 6.00. The van der Waals surface area contributed by atoms with E-state index in [0.717, 1.165) is 43.8 Å². The molecule has 4 N–H and O–H groups in total. The smallest absolute Gasteiger partial charge is 0.229 e. The Balaban J connectivity index is 1.61. The van der Waals surface area contributed by atoms with Crippen LogP contribution in [0, 0.1) is 18.8 Å². The van der Waals surface area contributed by atoms with Crippen molar-refractivity contribution >= 4 is 40.9 Å². The van der Waals surface area contributed by atoms with E-state index in [-0.39, 0.29) is 29.8 Å². The van der Waals surface area contributed by atoms with E-state index in [0.29, 0.717) is 48.6 Å². The average Bonchev–Trinajstić information content (AvgIpc) is 2.95. The van der Waals surface area contributed by atoms with Gasteiger partial charge >= 0.3 is 0 Å². The van der Waals surface area contributed by atoms with Crippen molar-refractivity contribution in [2.24, 2.45) is 11.8 Å². The molecular formula is C30H44ClN7O3. The van der Waals surface area contributed by atoms with Crippen molar-refractivity contribution in [3.05, 3.63) is 34.5 Å². The maximum atomic E-state index is 12.2. The van der Waals surface area contributed by atoms with E-state index in [4.69, 9.17) is 21.3 Å². The minimum absolute atomic E-state index is 0.00341. The van der Waals surface area contributed by atoms with E-state index < -0.39 is 0 Å². The summed E-state index contributed by atoms with van der Waals surface area (Å²) in [6.07, 6.45) is 5.36. The molecule has 0 saturated carbocycles. The number of nitrogens with one attached hydrogen (secondary N) is 4. The van der Waals surface area contributed by atoms with Gasteiger partial charge in [-0.15, -0.1) is 0 Å². The molecule has 41 heavy (non-hydrogen) atoms. The predicted octanol–water partition coefficient (Wildman–Crippen LogP) is 4.15. The number of ether oxygens (including phenoxy) is 1. The van der Waals surface area contributed by atoms with Gasteiger partial charge in [0.05, 0.1) is 18.0 Å². The van der Waals surface area contributed by atoms with Crippen LogP contribution in [0.1, 0.15) is 63.0 Å². The van der Waals surface area contributed by atoms with E-state index in [9.17, 15) is 9.59 Å². The highest BCUT2D eigenvalue weighted by Gasteiger charge is 2.32. The number of amides is 2. The van der Waals surface area contributed by atoms with E-state index >= 15 is 0 Å². The Labute approximate surface area is 248 Å². The first kappa shape index (κ1) is 30.8. The van der Waals surface area contributed by atoms with E-state index in [1.54, 1.807) is 20.3 Å². The monoisotopic (exact) mass is 585 g/mol. The van der Waals surface area contributed by atoms with Gasteiger partial charge in [-0.2, -0.15) is 4.98 Å². The maximum absolute atomic E-state index is 12.2. The molecule has 0 unspecified atom stereocenters. The lowest BCUT2D eigenvalue weighted by Crippen LogP contribution is -2.44. The van der Waals surface area contributed by atoms with Gasteiger partial charge in [0.1, 0.15) is 10.8 Å². The Morgan fingerprint density at radius 3 is 2.32 bits per heavy atom. The van der Waals surface area contributed by atoms with Crippen LogP contribution in [0.3, 0.4) is 0 Å². The summed E-state index contributed by atoms with van der Waals surface area (Å²) in [6.45, 7) is 9.45. The van der Waals surface area contributed by atoms with Crippen molar-refractivity contribution in [1.82, 2.24) is 25.9 Å². The van der Waals surface area contributed by atoms with Gasteiger partial charge in [-0.3, -0.25) is 9.59 Å². The van der Waals surface area contributed by atoms with Crippen molar-refractivity contribution in [3.8, 4) is 5.75 Å². The number of benzene rings is 1. The Hall–Kier alpha value is -3.11. The molecule has 2 saturated heterocycles. The quantitative estimate of drug-likeness (QED) is 0.328. The number of hydrogen-bond donors (Lipinski definition) is 4. The van der Waals surface area contributed by atoms with Gasteiger partial charge in [0.25, 0.3) is 0 Å². The lowest BCUT2D eigenvalue weighted by molar-refractivity contribution is -0.121. The van der Waals surface area contributed by atoms with Crippen LogP contribution in [0.2, 0.25) is 5.02 Å². The summed E-state index contributed by atoms with van der Waals surface area (Å²) in [5, 5.41) is 12.7. The van der Waals surface area contributed by atoms with Gasteiger partial charge in [0, 0.05) is 40.0 Å². The van der Waals surface area contributed by atoms with Gasteiger partial charge in [0.15, 0.2) is 5.82 Å². The van der Waals surface area contributed by atoms with Gasteiger partial charge in [-0.1, -0.05) is 11.6 Å². The molecule has 2 aromatic rings. The Bertz CT molecular complexity index is 1190. The highest BCUT2D eigenvalue weighted by Crippen LogP contribution is 2.38. The summed E-state index contributed by atoms with van der Waals surface area (Å²) < 4.78 is 6.25. The predicted molar refractivity (Wildman–Crippen MR) is 163 cm³/mol. The van der Waals surface area contributed by atoms with Crippen LogP contribution in [0.5, 0.6) is 5.75 Å². The summed E-state index contributed by atoms with van der Waals surface area (Å²) in [6, 6.07) is 4.29. The lowest BCUT2D eigenvalue weighted by Gasteiger charge is -2.38. The van der Waals surface area contributed by atoms with Gasteiger partial charge in [-0.05, 0) is 94.1 Å². The normalized spacial score (nSPS) is 19.6. The van der Waals surface area contributed by atoms with Crippen molar-refractivity contribution in [2.45, 2.75) is 64.9 Å². The third kappa shape index (κ3) is 8.23. The van der Waals surface area contributed by atoms with Crippen LogP contribution in [-0.4, -0.2) is 68.2 Å². The molecule has 0 bridgehead atoms. The molecule has 3 heterocycles. The number of hydrogen-bond acceptors (Lipinski definition) is 8. The van der Waals surface area contributed by atoms with E-state index in [1.807, 2.05) is 13.8 Å². The summed E-state index contributed by atoms with van der Waals surface area (Å²) in [7, 11) is 3.28. The molecule has 1 aromatic heterocycles. The number of nitrogens with zero attached hydrogens (tertiary/aromatic N) is 3. The first-order valence-electron chi connectivity index (χ1n) is 14.6. The largest absolute Gasteiger partial charge is 0.489 e. The first-order chi connectivity index (χ1) is 19.7. The molecule has 4 rings (SSSR count). The third-order valence-corrected chi connectivity index (χ3v) is 8.18. The molecule has 2 fully saturated rings. The highest BCUT2D eigenvalue weighted by molar-refractivity contribution is 6.32. The number of rotatable bonds is 10. The molecule has 224 valence electrons. The molecular weight excluding hydrogens is 542 g/mol. The van der Waals surface area contributed by atoms with E-state index in [2.05, 4.69) is 50.2 Å². The van der Waals surface area contributed by atoms with Crippen molar-refractivity contribution in [2.75, 3.05) is 50.5 Å². The molecule has 2 atom stereocenters. The minimum atomic E-state index is -0.0207. The number of piperidine rings is 2. The van der Waals surface area contributed by atoms with Crippen LogP contribution < -0.4 is 30.9 Å². The van der Waals surface area contributed by atoms with Crippen molar-refractivity contribution < 1.29 is 14.3 Å². The van der Waals surface area contributed by atoms with E-state index in [1.165, 1.54) is 11.1 Å². The van der Waals surface area contributed by atoms with Gasteiger partial charge in [0.2, 0.25) is 17.8 Å². The fourth-order valence-corrected chi connectivity index (χ4v) is 6.21. The molecule has 10 nitrogen and oxygen atoms in total. The average molecular weight is 586 g/mol. The van der Waals surface area contributed by atoms with Crippen LogP contribution in [0.15, 0.2) is 18.3 Å². The second-order valence-electron chi connectivity index (χ2n) is 11.5. The zero-order valence-corrected chi connectivity index (χ0v) is 25.6. The number of aryl methyl sites for hydroxylation is 1. The second kappa shape index (κ2) is 14.2. The zero-order valence-electron chi connectivity index (χ0n) is 24.8. The molecule has 2 aliphatic heterocycles. The highest BCUT2D eigenvalue weighted by atomic mass is 35.5. The zero-order chi connectivity index (χ0) is 29.5. The van der Waals surface area contributed by atoms with Gasteiger partial charge < -0.3 is 30.9 Å². The van der Waals surface area contributed by atoms with Crippen LogP contribution in [0.4, 0.5) is 17.5 Å². The Morgan fingerprint density at radius 1 is 1.10 bits per heavy atom. The number of anilines is 3. The number of aromatic nitrogens is 2. The van der Waals surface area contributed by atoms with Gasteiger partial charge in [-0.25, -0.2) is 4.98 Å². The number of carbonyl (C=O) groups excluding carboxylic acids is 2. The molecule has 0 radical (unpaired) electrons. The molecule has 0 aliphatic carbocycles. The standard InChI is InChI=1S/C30H44ClN7O3/c1-18(2)41-26-14-23(22-6-8-34-9-7-22)19(3)10-25(26)36-30-35-15-24(31)29(37-30)38-16-20(12-27(39)32-4)11-21(17-38)13-28(40)33-5/h10,14-15,18,20-22,34H,6-9,11-13,16-17H2,1-5H3,(H,32,39)(H,33,40)(H,35,36,37)/t20-,21+. The topological polar surface area (TPSA) is 121 Å².